The highest BCUT2D eigenvalue weighted by atomic mass is 32.1. The van der Waals surface area contributed by atoms with E-state index < -0.39 is 65.9 Å². The van der Waals surface area contributed by atoms with Crippen LogP contribution in [0.15, 0.2) is 29.6 Å². The summed E-state index contributed by atoms with van der Waals surface area (Å²) in [5.41, 5.74) is 1.15. The number of likely N-dealkylation sites (N-methyl/N-ethyl adjacent to an activating group) is 2. The molecule has 0 aliphatic rings. The van der Waals surface area contributed by atoms with Crippen LogP contribution in [-0.4, -0.2) is 159 Å². The fraction of sp³-hybridized carbons (Fsp3) is 0.691. The Kier molecular flexibility index (Phi) is 30.1. The first kappa shape index (κ1) is 66.6. The minimum atomic E-state index is -1.19. The van der Waals surface area contributed by atoms with Crippen LogP contribution in [0.2, 0.25) is 0 Å². The molecule has 20 nitrogen and oxygen atoms in total. The second-order valence-corrected chi connectivity index (χ2v) is 21.6. The Morgan fingerprint density at radius 1 is 0.855 bits per heavy atom. The zero-order chi connectivity index (χ0) is 57.1. The van der Waals surface area contributed by atoms with Crippen LogP contribution in [0.5, 0.6) is 0 Å². The number of carbonyl (C=O) groups is 8. The Labute approximate surface area is 455 Å². The number of nitrogens with one attached hydrogen (secondary N) is 5. The molecular formula is C55H90N8O12S. The topological polar surface area (TPSA) is 253 Å². The number of carbonyl (C=O) groups excluding carboxylic acids is 8. The normalized spacial score (nSPS) is 14.7. The van der Waals surface area contributed by atoms with Gasteiger partial charge in [-0.05, 0) is 98.2 Å². The second-order valence-electron chi connectivity index (χ2n) is 20.7. The van der Waals surface area contributed by atoms with E-state index in [2.05, 4.69) is 26.6 Å². The van der Waals surface area contributed by atoms with Crippen LogP contribution in [0.3, 0.4) is 0 Å². The first-order valence-electron chi connectivity index (χ1n) is 26.7. The summed E-state index contributed by atoms with van der Waals surface area (Å²) in [6.45, 7) is 20.1. The van der Waals surface area contributed by atoms with Gasteiger partial charge in [-0.1, -0.05) is 70.9 Å². The molecule has 0 bridgehead atoms. The minimum absolute atomic E-state index is 0.00784. The summed E-state index contributed by atoms with van der Waals surface area (Å²) in [4.78, 5) is 115. The van der Waals surface area contributed by atoms with Crippen molar-refractivity contribution in [3.05, 3.63) is 51.5 Å². The van der Waals surface area contributed by atoms with Crippen molar-refractivity contribution in [3.63, 3.8) is 0 Å². The number of hydrogen-bond donors (Lipinski definition) is 5. The standard InChI is InChI=1S/C55H90N8O12S/c1-15-37(6)48(61-53(70)55(9,10)62(11)12)52(69)63(13)44(35(3)4)32-46(51-60-43(33-76-51)50(68)58-41(30-38(7)74-34-64)31-40-24-22-36(5)23-25-40)75-54(71)57-39(8)49(67)59-42(20-17-18-26-56-47(66)16-2)45(65)21-19-27-73-29-28-72-14/h22-25,33-35,37-39,41-42,44,46,48H,15-21,26-32H2,1-14H3,(H,56,66)(H,57,71)(H,58,68)(H,59,67)(H,61,70)/t37?,38?,39?,41-,42?,44-,46-,48+/m1/s1. The van der Waals surface area contributed by atoms with Gasteiger partial charge in [0.05, 0.1) is 24.8 Å². The van der Waals surface area contributed by atoms with Gasteiger partial charge in [0.15, 0.2) is 11.9 Å². The maximum Gasteiger partial charge on any atom is 0.408 e. The molecule has 2 rings (SSSR count). The van der Waals surface area contributed by atoms with E-state index >= 15 is 0 Å². The molecular weight excluding hydrogens is 997 g/mol. The summed E-state index contributed by atoms with van der Waals surface area (Å²) >= 11 is 1.08. The van der Waals surface area contributed by atoms with E-state index in [0.29, 0.717) is 84.2 Å². The molecule has 2 aromatic rings. The first-order valence-corrected chi connectivity index (χ1v) is 27.6. The lowest BCUT2D eigenvalue weighted by atomic mass is 9.92. The van der Waals surface area contributed by atoms with Crippen LogP contribution in [-0.2, 0) is 54.1 Å². The number of hydrogen-bond acceptors (Lipinski definition) is 15. The Hall–Kier alpha value is -5.51. The number of nitrogens with zero attached hydrogens (tertiary/aromatic N) is 3. The lowest BCUT2D eigenvalue weighted by molar-refractivity contribution is -0.142. The smallest absolute Gasteiger partial charge is 0.408 e. The van der Waals surface area contributed by atoms with Crippen molar-refractivity contribution < 1.29 is 57.3 Å². The van der Waals surface area contributed by atoms with E-state index in [1.165, 1.54) is 6.92 Å². The Morgan fingerprint density at radius 3 is 2.14 bits per heavy atom. The predicted octanol–water partition coefficient (Wildman–Crippen LogP) is 5.84. The number of amides is 6. The number of ketones is 1. The van der Waals surface area contributed by atoms with Crippen LogP contribution in [0.4, 0.5) is 4.79 Å². The summed E-state index contributed by atoms with van der Waals surface area (Å²) in [6.07, 6.45) is 0.999. The highest BCUT2D eigenvalue weighted by Gasteiger charge is 2.39. The molecule has 1 aromatic carbocycles. The largest absolute Gasteiger partial charge is 0.465 e. The van der Waals surface area contributed by atoms with E-state index in [0.717, 1.165) is 22.5 Å². The molecule has 1 heterocycles. The maximum atomic E-state index is 14.6. The third-order valence-electron chi connectivity index (χ3n) is 13.8. The number of methoxy groups -OCH3 is 1. The van der Waals surface area contributed by atoms with Gasteiger partial charge in [0.2, 0.25) is 23.6 Å². The molecule has 5 N–H and O–H groups in total. The third-order valence-corrected chi connectivity index (χ3v) is 14.7. The average Bonchev–Trinajstić information content (AvgIpc) is 3.87. The Morgan fingerprint density at radius 2 is 1.54 bits per heavy atom. The van der Waals surface area contributed by atoms with E-state index in [9.17, 15) is 38.4 Å². The summed E-state index contributed by atoms with van der Waals surface area (Å²) in [5, 5.41) is 16.1. The average molecular weight is 1090 g/mol. The summed E-state index contributed by atoms with van der Waals surface area (Å²) in [5.74, 6) is -2.58. The van der Waals surface area contributed by atoms with Crippen LogP contribution < -0.4 is 26.6 Å². The Balaban J connectivity index is 2.51. The molecule has 4 unspecified atom stereocenters. The minimum Gasteiger partial charge on any atom is -0.465 e. The number of ether oxygens (including phenoxy) is 4. The van der Waals surface area contributed by atoms with Crippen molar-refractivity contribution in [1.29, 1.82) is 0 Å². The van der Waals surface area contributed by atoms with Crippen molar-refractivity contribution in [3.8, 4) is 0 Å². The molecule has 6 amide bonds. The fourth-order valence-electron chi connectivity index (χ4n) is 8.04. The fourth-order valence-corrected chi connectivity index (χ4v) is 8.88. The zero-order valence-corrected chi connectivity index (χ0v) is 48.5. The number of rotatable bonds is 37. The van der Waals surface area contributed by atoms with Crippen molar-refractivity contribution in [2.24, 2.45) is 11.8 Å². The lowest BCUT2D eigenvalue weighted by Gasteiger charge is -2.38. The highest BCUT2D eigenvalue weighted by molar-refractivity contribution is 7.09. The van der Waals surface area contributed by atoms with Crippen molar-refractivity contribution in [2.45, 2.75) is 181 Å². The number of Topliss-reactive ketones (excluding diaryl/α,β-unsaturated/α-hetero) is 1. The van der Waals surface area contributed by atoms with Gasteiger partial charge in [-0.25, -0.2) is 9.78 Å². The van der Waals surface area contributed by atoms with Gasteiger partial charge in [0, 0.05) is 70.5 Å². The predicted molar refractivity (Wildman–Crippen MR) is 292 cm³/mol. The van der Waals surface area contributed by atoms with Gasteiger partial charge in [-0.3, -0.25) is 38.5 Å². The molecule has 0 radical (unpaired) electrons. The molecule has 76 heavy (non-hydrogen) atoms. The number of alkyl carbamates (subject to hydrolysis) is 1. The molecule has 1 aromatic heterocycles. The third kappa shape index (κ3) is 23.0. The first-order chi connectivity index (χ1) is 35.9. The molecule has 0 spiro atoms. The molecule has 428 valence electrons. The molecule has 21 heteroatoms. The van der Waals surface area contributed by atoms with Gasteiger partial charge < -0.3 is 50.4 Å². The van der Waals surface area contributed by atoms with Crippen LogP contribution in [0, 0.1) is 18.8 Å². The van der Waals surface area contributed by atoms with E-state index in [4.69, 9.17) is 23.9 Å². The molecule has 0 aliphatic heterocycles. The highest BCUT2D eigenvalue weighted by Crippen LogP contribution is 2.31. The van der Waals surface area contributed by atoms with E-state index in [-0.39, 0.29) is 58.9 Å². The number of aromatic nitrogens is 1. The number of unbranched alkanes of at least 4 members (excludes halogenated alkanes) is 1. The monoisotopic (exact) mass is 1090 g/mol. The maximum absolute atomic E-state index is 14.6. The summed E-state index contributed by atoms with van der Waals surface area (Å²) in [7, 11) is 6.79. The second kappa shape index (κ2) is 34.3. The van der Waals surface area contributed by atoms with E-state index in [1.54, 1.807) is 71.1 Å². The number of aryl methyl sites for hydroxylation is 1. The zero-order valence-electron chi connectivity index (χ0n) is 47.7. The SMILES string of the molecule is CCC(=O)NCCCCC(NC(=O)C(C)NC(=O)O[C@H](C[C@H](C(C)C)N(C)C(=O)[C@@H](NC(=O)C(C)(C)N(C)C)C(C)CC)c1nc(C(=O)N[C@@H](Cc2ccc(C)cc2)CC(C)OC=O)cs1)C(=O)CCCOCCOC. The van der Waals surface area contributed by atoms with E-state index in [1.807, 2.05) is 58.9 Å². The Bertz CT molecular complexity index is 2140. The van der Waals surface area contributed by atoms with Gasteiger partial charge in [0.1, 0.15) is 28.9 Å². The molecule has 0 saturated heterocycles. The molecule has 8 atom stereocenters. The lowest BCUT2D eigenvalue weighted by Crippen LogP contribution is -2.60. The van der Waals surface area contributed by atoms with Gasteiger partial charge in [-0.15, -0.1) is 11.3 Å². The molecule has 0 aliphatic carbocycles. The number of thiazole rings is 1. The number of benzene rings is 1. The summed E-state index contributed by atoms with van der Waals surface area (Å²) in [6, 6.07) is 3.86. The van der Waals surface area contributed by atoms with Crippen LogP contribution >= 0.6 is 11.3 Å². The van der Waals surface area contributed by atoms with Crippen molar-refractivity contribution in [2.75, 3.05) is 54.6 Å². The molecule has 0 fully saturated rings. The van der Waals surface area contributed by atoms with Gasteiger partial charge in [0.25, 0.3) is 12.4 Å². The quantitative estimate of drug-likeness (QED) is 0.0394. The van der Waals surface area contributed by atoms with Crippen molar-refractivity contribution >= 4 is 59.2 Å². The summed E-state index contributed by atoms with van der Waals surface area (Å²) < 4.78 is 21.9. The van der Waals surface area contributed by atoms with Crippen molar-refractivity contribution in [1.82, 2.24) is 41.4 Å². The van der Waals surface area contributed by atoms with Gasteiger partial charge in [-0.2, -0.15) is 0 Å². The van der Waals surface area contributed by atoms with Crippen LogP contribution in [0.25, 0.3) is 0 Å². The van der Waals surface area contributed by atoms with Crippen LogP contribution in [0.1, 0.15) is 153 Å². The molecule has 0 saturated carbocycles. The van der Waals surface area contributed by atoms with Gasteiger partial charge >= 0.3 is 6.09 Å².